The molecular formula is C67H51N3. The highest BCUT2D eigenvalue weighted by Gasteiger charge is 2.17. The van der Waals surface area contributed by atoms with E-state index in [0.29, 0.717) is 0 Å². The van der Waals surface area contributed by atoms with Gasteiger partial charge in [-0.3, -0.25) is 15.0 Å². The minimum Gasteiger partial charge on any atom is -0.256 e. The summed E-state index contributed by atoms with van der Waals surface area (Å²) in [6.45, 7) is 0. The van der Waals surface area contributed by atoms with Crippen molar-refractivity contribution in [2.75, 3.05) is 0 Å². The second kappa shape index (κ2) is 20.6. The lowest BCUT2D eigenvalue weighted by atomic mass is 9.87. The third-order valence-electron chi connectivity index (χ3n) is 13.2. The molecule has 3 heterocycles. The van der Waals surface area contributed by atoms with Gasteiger partial charge in [0.2, 0.25) is 0 Å². The molecule has 11 aromatic rings. The molecule has 0 amide bonds. The third-order valence-corrected chi connectivity index (χ3v) is 13.2. The maximum absolute atomic E-state index is 5.25. The zero-order chi connectivity index (χ0) is 46.9. The molecule has 0 bridgehead atoms. The van der Waals surface area contributed by atoms with Crippen molar-refractivity contribution in [3.63, 3.8) is 0 Å². The summed E-state index contributed by atoms with van der Waals surface area (Å²) >= 11 is 0. The third kappa shape index (κ3) is 10.1. The molecular weight excluding hydrogens is 847 g/mol. The Labute approximate surface area is 411 Å². The number of aryl methyl sites for hydroxylation is 4. The van der Waals surface area contributed by atoms with Crippen molar-refractivity contribution in [2.24, 2.45) is 0 Å². The first-order valence-corrected chi connectivity index (χ1v) is 24.2. The molecule has 0 aliphatic rings. The van der Waals surface area contributed by atoms with Crippen LogP contribution in [0.2, 0.25) is 0 Å². The largest absolute Gasteiger partial charge is 0.256 e. The average Bonchev–Trinajstić information content (AvgIpc) is 3.45. The van der Waals surface area contributed by atoms with Crippen LogP contribution in [-0.2, 0) is 25.7 Å². The van der Waals surface area contributed by atoms with E-state index in [0.717, 1.165) is 81.7 Å². The molecule has 0 aliphatic heterocycles. The van der Waals surface area contributed by atoms with Crippen molar-refractivity contribution in [3.05, 3.63) is 283 Å². The van der Waals surface area contributed by atoms with Crippen LogP contribution < -0.4 is 0 Å². The fourth-order valence-corrected chi connectivity index (χ4v) is 9.49. The molecule has 334 valence electrons. The van der Waals surface area contributed by atoms with Crippen molar-refractivity contribution in [3.8, 4) is 89.4 Å². The van der Waals surface area contributed by atoms with E-state index in [9.17, 15) is 0 Å². The molecule has 3 nitrogen and oxygen atoms in total. The van der Waals surface area contributed by atoms with Gasteiger partial charge in [0.05, 0.1) is 17.1 Å². The summed E-state index contributed by atoms with van der Waals surface area (Å²) in [5.41, 5.74) is 22.9. The van der Waals surface area contributed by atoms with Crippen molar-refractivity contribution in [1.82, 2.24) is 15.0 Å². The van der Waals surface area contributed by atoms with Crippen LogP contribution in [0.15, 0.2) is 261 Å². The highest BCUT2D eigenvalue weighted by atomic mass is 14.7. The number of hydrogen-bond donors (Lipinski definition) is 0. The number of aromatic nitrogens is 3. The van der Waals surface area contributed by atoms with E-state index in [1.807, 2.05) is 24.5 Å². The van der Waals surface area contributed by atoms with Gasteiger partial charge in [-0.15, -0.1) is 0 Å². The van der Waals surface area contributed by atoms with Crippen LogP contribution >= 0.6 is 0 Å². The second-order valence-corrected chi connectivity index (χ2v) is 17.9. The average molecular weight is 898 g/mol. The maximum Gasteiger partial charge on any atom is 0.0708 e. The van der Waals surface area contributed by atoms with E-state index in [-0.39, 0.29) is 0 Å². The van der Waals surface area contributed by atoms with E-state index in [1.165, 1.54) is 55.6 Å². The monoisotopic (exact) mass is 897 g/mol. The Morgan fingerprint density at radius 3 is 1.17 bits per heavy atom. The summed E-state index contributed by atoms with van der Waals surface area (Å²) in [5, 5.41) is 0. The molecule has 0 saturated heterocycles. The van der Waals surface area contributed by atoms with Crippen LogP contribution in [0, 0.1) is 0 Å². The molecule has 0 saturated carbocycles. The summed E-state index contributed by atoms with van der Waals surface area (Å²) < 4.78 is 0. The topological polar surface area (TPSA) is 38.7 Å². The minimum atomic E-state index is 0.886. The van der Waals surface area contributed by atoms with Gasteiger partial charge < -0.3 is 0 Å². The zero-order valence-corrected chi connectivity index (χ0v) is 39.0. The molecule has 11 rings (SSSR count). The van der Waals surface area contributed by atoms with E-state index in [4.69, 9.17) is 15.0 Å². The maximum atomic E-state index is 5.25. The van der Waals surface area contributed by atoms with E-state index in [1.54, 1.807) is 0 Å². The van der Waals surface area contributed by atoms with Gasteiger partial charge in [-0.2, -0.15) is 0 Å². The van der Waals surface area contributed by atoms with Crippen LogP contribution in [0.1, 0.15) is 22.3 Å². The Morgan fingerprint density at radius 1 is 0.200 bits per heavy atom. The summed E-state index contributed by atoms with van der Waals surface area (Å²) in [6, 6.07) is 86.7. The fraction of sp³-hybridized carbons (Fsp3) is 0.0597. The summed E-state index contributed by atoms with van der Waals surface area (Å²) in [7, 11) is 0. The Kier molecular flexibility index (Phi) is 12.9. The highest BCUT2D eigenvalue weighted by molar-refractivity contribution is 5.93. The number of pyridine rings is 3. The normalized spacial score (nSPS) is 11.1. The summed E-state index contributed by atoms with van der Waals surface area (Å²) in [5.74, 6) is 0. The van der Waals surface area contributed by atoms with E-state index >= 15 is 0 Å². The fourth-order valence-electron chi connectivity index (χ4n) is 9.49. The van der Waals surface area contributed by atoms with Gasteiger partial charge in [-0.25, -0.2) is 0 Å². The second-order valence-electron chi connectivity index (χ2n) is 17.9. The Balaban J connectivity index is 0.969. The first-order valence-electron chi connectivity index (χ1n) is 24.2. The van der Waals surface area contributed by atoms with Crippen molar-refractivity contribution in [1.29, 1.82) is 0 Å². The predicted octanol–water partition coefficient (Wildman–Crippen LogP) is 16.8. The number of benzene rings is 8. The molecule has 0 fully saturated rings. The summed E-state index contributed by atoms with van der Waals surface area (Å²) in [6.07, 6.45) is 9.72. The quantitative estimate of drug-likeness (QED) is 0.109. The smallest absolute Gasteiger partial charge is 0.0708 e. The minimum absolute atomic E-state index is 0.886. The van der Waals surface area contributed by atoms with Gasteiger partial charge in [-0.05, 0) is 122 Å². The van der Waals surface area contributed by atoms with Crippen molar-refractivity contribution < 1.29 is 0 Å². The highest BCUT2D eigenvalue weighted by Crippen LogP contribution is 2.41. The van der Waals surface area contributed by atoms with Crippen molar-refractivity contribution >= 4 is 0 Å². The molecule has 3 heteroatoms. The number of rotatable bonds is 14. The van der Waals surface area contributed by atoms with Crippen LogP contribution in [-0.4, -0.2) is 15.0 Å². The lowest BCUT2D eigenvalue weighted by molar-refractivity contribution is 0.923. The molecule has 0 radical (unpaired) electrons. The van der Waals surface area contributed by atoms with Crippen LogP contribution in [0.4, 0.5) is 0 Å². The molecule has 0 N–H and O–H groups in total. The van der Waals surface area contributed by atoms with Crippen molar-refractivity contribution in [2.45, 2.75) is 25.7 Å². The zero-order valence-electron chi connectivity index (χ0n) is 39.0. The Hall–Kier alpha value is -8.79. The lowest BCUT2D eigenvalue weighted by Gasteiger charge is -2.18. The van der Waals surface area contributed by atoms with Crippen LogP contribution in [0.25, 0.3) is 89.4 Å². The van der Waals surface area contributed by atoms with E-state index in [2.05, 4.69) is 237 Å². The van der Waals surface area contributed by atoms with E-state index < -0.39 is 0 Å². The molecule has 0 unspecified atom stereocenters. The number of hydrogen-bond acceptors (Lipinski definition) is 3. The van der Waals surface area contributed by atoms with Gasteiger partial charge in [0.1, 0.15) is 0 Å². The SMILES string of the molecule is c1ccc(-c2ccc(-c3cc(-c4cccc(-c5ccccc5)c4)ncc3-c3ccccc3-c3cc(CCc4ccc(-c5ccccc5)nc4)cc(CCc4ccc(-c5ccccc5)nc4)c3)cc2)cc1. The van der Waals surface area contributed by atoms with Gasteiger partial charge in [0, 0.05) is 40.8 Å². The summed E-state index contributed by atoms with van der Waals surface area (Å²) in [4.78, 5) is 15.0. The Bertz CT molecular complexity index is 3370. The first kappa shape index (κ1) is 43.8. The van der Waals surface area contributed by atoms with Gasteiger partial charge in [-0.1, -0.05) is 218 Å². The molecule has 0 atom stereocenters. The first-order chi connectivity index (χ1) is 34.7. The van der Waals surface area contributed by atoms with Crippen LogP contribution in [0.5, 0.6) is 0 Å². The Morgan fingerprint density at radius 2 is 0.629 bits per heavy atom. The molecule has 0 spiro atoms. The molecule has 8 aromatic carbocycles. The van der Waals surface area contributed by atoms with Gasteiger partial charge in [0.25, 0.3) is 0 Å². The van der Waals surface area contributed by atoms with Gasteiger partial charge >= 0.3 is 0 Å². The predicted molar refractivity (Wildman–Crippen MR) is 291 cm³/mol. The number of nitrogens with zero attached hydrogens (tertiary/aromatic N) is 3. The molecule has 70 heavy (non-hydrogen) atoms. The van der Waals surface area contributed by atoms with Gasteiger partial charge in [0.15, 0.2) is 0 Å². The van der Waals surface area contributed by atoms with Crippen LogP contribution in [0.3, 0.4) is 0 Å². The molecule has 3 aromatic heterocycles. The lowest BCUT2D eigenvalue weighted by Crippen LogP contribution is -1.99. The standard InChI is InChI=1S/C67H51N3/c1-5-16-52(17-6-1)54-34-36-55(37-35-54)63-44-67(59-25-15-24-58(43-59)53-18-7-2-8-19-53)70-47-64(63)62-27-14-13-26-61(62)60-41-50(30-28-48-32-38-65(68-45-48)56-20-9-3-10-21-56)40-51(42-60)31-29-49-33-39-66(69-46-49)57-22-11-4-12-23-57/h1-27,32-47H,28-31H2. The molecule has 0 aliphatic carbocycles.